The van der Waals surface area contributed by atoms with Crippen LogP contribution in [0.4, 0.5) is 0 Å². The molecule has 32 heavy (non-hydrogen) atoms. The predicted molar refractivity (Wildman–Crippen MR) is 122 cm³/mol. The molecule has 5 nitrogen and oxygen atoms in total. The fourth-order valence-corrected chi connectivity index (χ4v) is 4.97. The first kappa shape index (κ1) is 23.0. The summed E-state index contributed by atoms with van der Waals surface area (Å²) in [5, 5.41) is 27.8. The van der Waals surface area contributed by atoms with Gasteiger partial charge in [-0.3, -0.25) is 0 Å². The summed E-state index contributed by atoms with van der Waals surface area (Å²) in [5.74, 6) is 2.76. The molecule has 4 rings (SSSR count). The van der Waals surface area contributed by atoms with Crippen LogP contribution in [-0.2, 0) is 22.3 Å². The molecular formula is C27H32O5. The smallest absolute Gasteiger partial charge is 0.153 e. The van der Waals surface area contributed by atoms with E-state index in [0.717, 1.165) is 42.4 Å². The maximum atomic E-state index is 9.71. The van der Waals surface area contributed by atoms with Crippen molar-refractivity contribution in [3.63, 3.8) is 0 Å². The van der Waals surface area contributed by atoms with Crippen LogP contribution in [0.5, 0.6) is 0 Å². The maximum absolute atomic E-state index is 9.71. The number of fused-ring (bicyclic) bond motifs is 1. The monoisotopic (exact) mass is 436 g/mol. The van der Waals surface area contributed by atoms with E-state index in [2.05, 4.69) is 30.2 Å². The van der Waals surface area contributed by atoms with Gasteiger partial charge < -0.3 is 24.8 Å². The number of hydrogen-bond acceptors (Lipinski definition) is 5. The van der Waals surface area contributed by atoms with Crippen LogP contribution < -0.4 is 0 Å². The molecule has 4 unspecified atom stereocenters. The molecule has 2 aromatic rings. The Hall–Kier alpha value is -2.20. The van der Waals surface area contributed by atoms with Gasteiger partial charge in [0, 0.05) is 12.0 Å². The van der Waals surface area contributed by atoms with Gasteiger partial charge >= 0.3 is 0 Å². The number of terminal acetylenes is 1. The molecule has 0 bridgehead atoms. The molecule has 0 aromatic heterocycles. The molecular weight excluding hydrogens is 404 g/mol. The molecule has 2 aromatic carbocycles. The van der Waals surface area contributed by atoms with Crippen LogP contribution in [0.2, 0.25) is 0 Å². The second-order valence-electron chi connectivity index (χ2n) is 8.89. The van der Waals surface area contributed by atoms with Gasteiger partial charge in [0.1, 0.15) is 0 Å². The lowest BCUT2D eigenvalue weighted by Crippen LogP contribution is -2.11. The standard InChI is InChI=1S/C27H32O5/c1-3-18-16-20(8-7-19(18)15-17(2)28)24-11-12-26(32-24)23-6-4-5-22-21(23)9-10-25(22)31-14-13-27(29)30/h1,4-8,16-17,24-30H,9-15H2,2H3. The molecule has 1 aliphatic carbocycles. The molecule has 1 saturated heterocycles. The first-order valence-corrected chi connectivity index (χ1v) is 11.5. The van der Waals surface area contributed by atoms with Gasteiger partial charge in [0.25, 0.3) is 0 Å². The van der Waals surface area contributed by atoms with Crippen molar-refractivity contribution in [3.05, 3.63) is 69.8 Å². The molecule has 2 aliphatic rings. The molecule has 3 N–H and O–H groups in total. The van der Waals surface area contributed by atoms with Crippen LogP contribution in [-0.4, -0.2) is 34.3 Å². The van der Waals surface area contributed by atoms with Crippen molar-refractivity contribution in [2.24, 2.45) is 0 Å². The van der Waals surface area contributed by atoms with E-state index in [1.165, 1.54) is 16.7 Å². The fourth-order valence-electron chi connectivity index (χ4n) is 4.97. The molecule has 1 fully saturated rings. The molecule has 170 valence electrons. The van der Waals surface area contributed by atoms with E-state index in [4.69, 9.17) is 26.1 Å². The number of ether oxygens (including phenoxy) is 2. The molecule has 0 radical (unpaired) electrons. The van der Waals surface area contributed by atoms with E-state index in [0.29, 0.717) is 13.0 Å². The third-order valence-electron chi connectivity index (χ3n) is 6.49. The SMILES string of the molecule is C#Cc1cc(C2CCC(c3cccc4c3CCC4OCCC(O)O)O2)ccc1CC(C)O. The van der Waals surface area contributed by atoms with Crippen molar-refractivity contribution >= 4 is 0 Å². The van der Waals surface area contributed by atoms with Crippen molar-refractivity contribution in [2.75, 3.05) is 6.61 Å². The van der Waals surface area contributed by atoms with E-state index in [1.807, 2.05) is 12.1 Å². The Morgan fingerprint density at radius 2 is 1.88 bits per heavy atom. The van der Waals surface area contributed by atoms with Gasteiger partial charge in [-0.1, -0.05) is 36.3 Å². The average molecular weight is 437 g/mol. The molecule has 0 saturated carbocycles. The fraction of sp³-hybridized carbons (Fsp3) is 0.481. The first-order chi connectivity index (χ1) is 15.5. The van der Waals surface area contributed by atoms with E-state index >= 15 is 0 Å². The molecule has 0 amide bonds. The summed E-state index contributed by atoms with van der Waals surface area (Å²) in [4.78, 5) is 0. The zero-order chi connectivity index (χ0) is 22.7. The Kier molecular flexibility index (Phi) is 7.30. The highest BCUT2D eigenvalue weighted by Gasteiger charge is 2.33. The summed E-state index contributed by atoms with van der Waals surface area (Å²) in [5.41, 5.74) is 6.64. The van der Waals surface area contributed by atoms with Crippen molar-refractivity contribution in [1.29, 1.82) is 0 Å². The van der Waals surface area contributed by atoms with E-state index in [-0.39, 0.29) is 24.7 Å². The summed E-state index contributed by atoms with van der Waals surface area (Å²) < 4.78 is 12.4. The molecule has 1 heterocycles. The quantitative estimate of drug-likeness (QED) is 0.432. The summed E-state index contributed by atoms with van der Waals surface area (Å²) in [6.45, 7) is 2.10. The van der Waals surface area contributed by atoms with E-state index in [9.17, 15) is 5.11 Å². The average Bonchev–Trinajstić information content (AvgIpc) is 3.41. The van der Waals surface area contributed by atoms with Crippen LogP contribution in [0.3, 0.4) is 0 Å². The third-order valence-corrected chi connectivity index (χ3v) is 6.49. The number of hydrogen-bond donors (Lipinski definition) is 3. The second kappa shape index (κ2) is 10.2. The number of aliphatic hydroxyl groups excluding tert-OH is 2. The first-order valence-electron chi connectivity index (χ1n) is 11.5. The summed E-state index contributed by atoms with van der Waals surface area (Å²) in [7, 11) is 0. The Labute approximate surface area is 190 Å². The van der Waals surface area contributed by atoms with Gasteiger partial charge in [0.2, 0.25) is 0 Å². The van der Waals surface area contributed by atoms with Gasteiger partial charge in [-0.25, -0.2) is 0 Å². The van der Waals surface area contributed by atoms with E-state index < -0.39 is 12.4 Å². The van der Waals surface area contributed by atoms with Crippen LogP contribution in [0, 0.1) is 12.3 Å². The molecule has 1 aliphatic heterocycles. The Morgan fingerprint density at radius 1 is 1.09 bits per heavy atom. The molecule has 5 heteroatoms. The lowest BCUT2D eigenvalue weighted by molar-refractivity contribution is -0.0697. The lowest BCUT2D eigenvalue weighted by Gasteiger charge is -2.19. The van der Waals surface area contributed by atoms with Crippen molar-refractivity contribution < 1.29 is 24.8 Å². The van der Waals surface area contributed by atoms with Crippen molar-refractivity contribution in [2.45, 2.75) is 76.2 Å². The highest BCUT2D eigenvalue weighted by molar-refractivity contribution is 5.45. The Balaban J connectivity index is 1.47. The highest BCUT2D eigenvalue weighted by atomic mass is 16.5. The van der Waals surface area contributed by atoms with Gasteiger partial charge in [-0.2, -0.15) is 0 Å². The minimum absolute atomic E-state index is 0.000507. The van der Waals surface area contributed by atoms with E-state index in [1.54, 1.807) is 6.92 Å². The topological polar surface area (TPSA) is 79.2 Å². The van der Waals surface area contributed by atoms with Gasteiger partial charge in [-0.05, 0) is 72.9 Å². The van der Waals surface area contributed by atoms with Crippen LogP contribution in [0.1, 0.15) is 84.3 Å². The predicted octanol–water partition coefficient (Wildman–Crippen LogP) is 3.89. The van der Waals surface area contributed by atoms with Crippen LogP contribution in [0.25, 0.3) is 0 Å². The summed E-state index contributed by atoms with van der Waals surface area (Å²) >= 11 is 0. The number of rotatable bonds is 8. The molecule has 4 atom stereocenters. The third kappa shape index (κ3) is 5.06. The van der Waals surface area contributed by atoms with Gasteiger partial charge in [0.05, 0.1) is 31.0 Å². The number of benzene rings is 2. The summed E-state index contributed by atoms with van der Waals surface area (Å²) in [6, 6.07) is 12.4. The Morgan fingerprint density at radius 3 is 2.62 bits per heavy atom. The van der Waals surface area contributed by atoms with Crippen LogP contribution >= 0.6 is 0 Å². The minimum Gasteiger partial charge on any atom is -0.393 e. The van der Waals surface area contributed by atoms with Crippen molar-refractivity contribution in [3.8, 4) is 12.3 Å². The highest BCUT2D eigenvalue weighted by Crippen LogP contribution is 2.45. The molecule has 0 spiro atoms. The number of aliphatic hydroxyl groups is 3. The Bertz CT molecular complexity index is 974. The minimum atomic E-state index is -1.33. The van der Waals surface area contributed by atoms with Crippen molar-refractivity contribution in [1.82, 2.24) is 0 Å². The maximum Gasteiger partial charge on any atom is 0.153 e. The normalized spacial score (nSPS) is 23.3. The lowest BCUT2D eigenvalue weighted by atomic mass is 9.95. The van der Waals surface area contributed by atoms with Gasteiger partial charge in [0.15, 0.2) is 6.29 Å². The van der Waals surface area contributed by atoms with Crippen LogP contribution in [0.15, 0.2) is 36.4 Å². The zero-order valence-electron chi connectivity index (χ0n) is 18.5. The summed E-state index contributed by atoms with van der Waals surface area (Å²) in [6.07, 6.45) is 8.50. The largest absolute Gasteiger partial charge is 0.393 e. The zero-order valence-corrected chi connectivity index (χ0v) is 18.5. The van der Waals surface area contributed by atoms with Gasteiger partial charge in [-0.15, -0.1) is 6.42 Å². The second-order valence-corrected chi connectivity index (χ2v) is 8.89.